The predicted octanol–water partition coefficient (Wildman–Crippen LogP) is 13.3. The Hall–Kier alpha value is -5.58. The molecule has 1 aliphatic carbocycles. The fraction of sp³-hybridized carbons (Fsp3) is 0.208. The van der Waals surface area contributed by atoms with E-state index in [1.54, 1.807) is 0 Å². The van der Waals surface area contributed by atoms with E-state index in [2.05, 4.69) is 192 Å². The smallest absolute Gasteiger partial charge is 0.333 e. The summed E-state index contributed by atoms with van der Waals surface area (Å²) in [6, 6.07) is 49.8. The van der Waals surface area contributed by atoms with Gasteiger partial charge in [-0.1, -0.05) is 134 Å². The van der Waals surface area contributed by atoms with Gasteiger partial charge in [0.2, 0.25) is 0 Å². The maximum atomic E-state index is 2.70. The van der Waals surface area contributed by atoms with Crippen LogP contribution in [0.3, 0.4) is 0 Å². The molecule has 0 amide bonds. The Labute approximate surface area is 339 Å². The highest BCUT2D eigenvalue weighted by molar-refractivity contribution is 7.25. The van der Waals surface area contributed by atoms with Crippen LogP contribution in [0.15, 0.2) is 127 Å². The van der Waals surface area contributed by atoms with E-state index in [-0.39, 0.29) is 23.1 Å². The van der Waals surface area contributed by atoms with Crippen molar-refractivity contribution in [1.82, 2.24) is 4.57 Å². The van der Waals surface area contributed by atoms with Crippen LogP contribution in [-0.2, 0) is 16.2 Å². The topological polar surface area (TPSA) is 8.17 Å². The van der Waals surface area contributed by atoms with Gasteiger partial charge in [0.15, 0.2) is 0 Å². The quantitative estimate of drug-likeness (QED) is 0.152. The molecule has 0 N–H and O–H groups in total. The first kappa shape index (κ1) is 33.6. The third-order valence-corrected chi connectivity index (χ3v) is 14.8. The van der Waals surface area contributed by atoms with Crippen LogP contribution >= 0.6 is 11.3 Å². The van der Waals surface area contributed by atoms with E-state index in [1.165, 1.54) is 114 Å². The van der Waals surface area contributed by atoms with Crippen LogP contribution < -0.4 is 15.7 Å². The van der Waals surface area contributed by atoms with Gasteiger partial charge in [-0.05, 0) is 109 Å². The lowest BCUT2D eigenvalue weighted by Gasteiger charge is -2.42. The second-order valence-electron chi connectivity index (χ2n) is 19.4. The summed E-state index contributed by atoms with van der Waals surface area (Å²) in [5, 5.41) is 5.34. The van der Waals surface area contributed by atoms with Gasteiger partial charge in [0.1, 0.15) is 0 Å². The molecule has 12 rings (SSSR count). The lowest BCUT2D eigenvalue weighted by molar-refractivity contribution is 0.590. The Morgan fingerprint density at radius 3 is 2.05 bits per heavy atom. The molecule has 4 heteroatoms. The summed E-state index contributed by atoms with van der Waals surface area (Å²) in [5.41, 5.74) is 20.1. The maximum Gasteiger partial charge on any atom is 0.333 e. The van der Waals surface area contributed by atoms with Crippen LogP contribution in [0.25, 0.3) is 69.9 Å². The SMILES string of the molecule is CC(C)(C)c1ccc(N2B3c4cc(C(C)(C)C)ccc4-n4c5cc6c(cc5c5ccc(c3c54)-c3cc4sc5ccccc5c4cc32)C(C)(C)c2ccccc2-6)cc1. The van der Waals surface area contributed by atoms with Crippen molar-refractivity contribution < 1.29 is 0 Å². The van der Waals surface area contributed by atoms with Gasteiger partial charge in [0.05, 0.1) is 11.0 Å². The zero-order valence-electron chi connectivity index (χ0n) is 34.0. The van der Waals surface area contributed by atoms with E-state index >= 15 is 0 Å². The molecule has 7 aromatic carbocycles. The Bertz CT molecular complexity index is 3230. The number of nitrogens with zero attached hydrogens (tertiary/aromatic N) is 2. The van der Waals surface area contributed by atoms with E-state index in [0.717, 1.165) is 0 Å². The molecule has 276 valence electrons. The minimum absolute atomic E-state index is 0.00741. The van der Waals surface area contributed by atoms with Crippen molar-refractivity contribution in [2.75, 3.05) is 4.81 Å². The Morgan fingerprint density at radius 1 is 0.526 bits per heavy atom. The fourth-order valence-electron chi connectivity index (χ4n) is 10.7. The van der Waals surface area contributed by atoms with Crippen molar-refractivity contribution in [3.8, 4) is 27.9 Å². The van der Waals surface area contributed by atoms with E-state index in [0.29, 0.717) is 0 Å². The first-order chi connectivity index (χ1) is 27.3. The molecule has 0 bridgehead atoms. The van der Waals surface area contributed by atoms with Gasteiger partial charge in [0, 0.05) is 59.0 Å². The Balaban J connectivity index is 1.24. The van der Waals surface area contributed by atoms with Crippen LogP contribution in [0.1, 0.15) is 77.6 Å². The first-order valence-corrected chi connectivity index (χ1v) is 21.4. The molecule has 0 saturated heterocycles. The van der Waals surface area contributed by atoms with E-state index in [4.69, 9.17) is 0 Å². The average Bonchev–Trinajstić information content (AvgIpc) is 3.80. The number of rotatable bonds is 1. The second-order valence-corrected chi connectivity index (χ2v) is 20.5. The lowest BCUT2D eigenvalue weighted by atomic mass is 9.43. The van der Waals surface area contributed by atoms with Gasteiger partial charge in [-0.25, -0.2) is 0 Å². The van der Waals surface area contributed by atoms with Gasteiger partial charge in [-0.3, -0.25) is 0 Å². The molecule has 0 atom stereocenters. The molecule has 0 saturated carbocycles. The number of fused-ring (bicyclic) bond motifs is 14. The highest BCUT2D eigenvalue weighted by atomic mass is 32.1. The van der Waals surface area contributed by atoms with Crippen molar-refractivity contribution in [3.05, 3.63) is 150 Å². The zero-order valence-corrected chi connectivity index (χ0v) is 34.8. The molecule has 2 aromatic heterocycles. The molecule has 2 nitrogen and oxygen atoms in total. The number of benzene rings is 7. The van der Waals surface area contributed by atoms with Crippen molar-refractivity contribution in [2.45, 2.75) is 71.6 Å². The third kappa shape index (κ3) is 4.37. The van der Waals surface area contributed by atoms with Crippen LogP contribution in [-0.4, -0.2) is 11.4 Å². The molecule has 0 fully saturated rings. The fourth-order valence-corrected chi connectivity index (χ4v) is 11.8. The summed E-state index contributed by atoms with van der Waals surface area (Å²) in [6.45, 7) is 18.8. The minimum atomic E-state index is -0.0739. The molecule has 4 heterocycles. The van der Waals surface area contributed by atoms with Crippen molar-refractivity contribution in [2.24, 2.45) is 0 Å². The van der Waals surface area contributed by atoms with E-state index in [1.807, 2.05) is 11.3 Å². The van der Waals surface area contributed by atoms with E-state index < -0.39 is 0 Å². The van der Waals surface area contributed by atoms with Gasteiger partial charge < -0.3 is 9.38 Å². The third-order valence-electron chi connectivity index (χ3n) is 13.7. The van der Waals surface area contributed by atoms with Crippen LogP contribution in [0.2, 0.25) is 0 Å². The average molecular weight is 753 g/mol. The molecule has 0 radical (unpaired) electrons. The Kier molecular flexibility index (Phi) is 6.40. The van der Waals surface area contributed by atoms with Gasteiger partial charge in [0.25, 0.3) is 0 Å². The molecule has 0 unspecified atom stereocenters. The van der Waals surface area contributed by atoms with Crippen molar-refractivity contribution >= 4 is 82.5 Å². The number of hydrogen-bond acceptors (Lipinski definition) is 2. The summed E-state index contributed by atoms with van der Waals surface area (Å²) in [6.07, 6.45) is 0. The molecule has 2 aliphatic heterocycles. The summed E-state index contributed by atoms with van der Waals surface area (Å²) in [7, 11) is 0. The first-order valence-electron chi connectivity index (χ1n) is 20.5. The standard InChI is InChI=1S/C53H45BN2S/c1-51(2,3)30-17-20-32(21-18-30)56-46-28-40-34-14-10-12-16-47(34)57-48(40)29-39(46)35-22-23-36-38-26-42-37(33-13-9-11-15-41(33)53(42,7)8)27-45(38)55-44-24-19-31(52(4,5)6)25-43(44)54(56)49(35)50(36)55/h9-29H,1-8H3. The lowest BCUT2D eigenvalue weighted by Crippen LogP contribution is -2.60. The summed E-state index contributed by atoms with van der Waals surface area (Å²) in [5.74, 6) is 0. The summed E-state index contributed by atoms with van der Waals surface area (Å²) in [4.78, 5) is 2.70. The number of aromatic nitrogens is 1. The monoisotopic (exact) mass is 752 g/mol. The van der Waals surface area contributed by atoms with Gasteiger partial charge in [-0.15, -0.1) is 11.3 Å². The maximum absolute atomic E-state index is 2.70. The van der Waals surface area contributed by atoms with Gasteiger partial charge in [-0.2, -0.15) is 0 Å². The molecule has 57 heavy (non-hydrogen) atoms. The highest BCUT2D eigenvalue weighted by Gasteiger charge is 2.45. The predicted molar refractivity (Wildman–Crippen MR) is 248 cm³/mol. The Morgan fingerprint density at radius 2 is 1.26 bits per heavy atom. The summed E-state index contributed by atoms with van der Waals surface area (Å²) >= 11 is 1.91. The number of thiophene rings is 1. The van der Waals surface area contributed by atoms with Crippen molar-refractivity contribution in [3.63, 3.8) is 0 Å². The van der Waals surface area contributed by atoms with Crippen molar-refractivity contribution in [1.29, 1.82) is 0 Å². The number of hydrogen-bond donors (Lipinski definition) is 0. The number of anilines is 2. The molecule has 9 aromatic rings. The molecule has 3 aliphatic rings. The largest absolute Gasteiger partial charge is 0.376 e. The zero-order chi connectivity index (χ0) is 38.9. The van der Waals surface area contributed by atoms with Crippen LogP contribution in [0, 0.1) is 0 Å². The van der Waals surface area contributed by atoms with Crippen LogP contribution in [0.4, 0.5) is 11.4 Å². The molecular weight excluding hydrogens is 707 g/mol. The minimum Gasteiger partial charge on any atom is -0.376 e. The van der Waals surface area contributed by atoms with Gasteiger partial charge >= 0.3 is 6.85 Å². The van der Waals surface area contributed by atoms with E-state index in [9.17, 15) is 0 Å². The van der Waals surface area contributed by atoms with Crippen LogP contribution in [0.5, 0.6) is 0 Å². The summed E-state index contributed by atoms with van der Waals surface area (Å²) < 4.78 is 5.32. The normalized spacial score (nSPS) is 15.1. The molecular formula is C53H45BN2S. The second kappa shape index (κ2) is 10.9. The molecule has 0 spiro atoms. The highest BCUT2D eigenvalue weighted by Crippen LogP contribution is 2.53.